The summed E-state index contributed by atoms with van der Waals surface area (Å²) < 4.78 is 8.21. The van der Waals surface area contributed by atoms with Gasteiger partial charge < -0.3 is 9.30 Å². The number of carbonyl (C=O) groups is 2. The number of nitrogens with one attached hydrogen (secondary N) is 1. The highest BCUT2D eigenvalue weighted by Gasteiger charge is 2.25. The van der Waals surface area contributed by atoms with Crippen LogP contribution in [-0.2, 0) is 22.7 Å². The fourth-order valence-corrected chi connectivity index (χ4v) is 4.18. The molecule has 0 radical (unpaired) electrons. The largest absolute Gasteiger partial charge is 0.489 e. The number of hydrogen-bond donors (Lipinski definition) is 1. The maximum absolute atomic E-state index is 12.4. The first-order valence-electron chi connectivity index (χ1n) is 11.5. The van der Waals surface area contributed by atoms with Gasteiger partial charge in [-0.1, -0.05) is 69.4 Å². The molecule has 1 aliphatic heterocycles. The molecule has 0 bridgehead atoms. The molecule has 0 atom stereocenters. The molecule has 3 aromatic rings. The summed E-state index contributed by atoms with van der Waals surface area (Å²) >= 11 is 0. The van der Waals surface area contributed by atoms with E-state index in [9.17, 15) is 9.59 Å². The van der Waals surface area contributed by atoms with Gasteiger partial charge in [0.1, 0.15) is 12.4 Å². The van der Waals surface area contributed by atoms with E-state index in [1.807, 2.05) is 54.7 Å². The Morgan fingerprint density at radius 1 is 0.938 bits per heavy atom. The van der Waals surface area contributed by atoms with Gasteiger partial charge in [-0.15, -0.1) is 0 Å². The van der Waals surface area contributed by atoms with Gasteiger partial charge in [-0.2, -0.15) is 0 Å². The number of rotatable bonds is 11. The molecule has 0 saturated carbocycles. The normalized spacial score (nSPS) is 13.5. The quantitative estimate of drug-likeness (QED) is 0.317. The molecule has 0 saturated heterocycles. The average molecular weight is 431 g/mol. The van der Waals surface area contributed by atoms with Crippen LogP contribution in [0.2, 0.25) is 0 Å². The van der Waals surface area contributed by atoms with E-state index in [4.69, 9.17) is 4.74 Å². The van der Waals surface area contributed by atoms with E-state index in [0.717, 1.165) is 40.7 Å². The van der Waals surface area contributed by atoms with Crippen molar-refractivity contribution in [1.29, 1.82) is 0 Å². The van der Waals surface area contributed by atoms with Gasteiger partial charge in [0.05, 0.1) is 5.57 Å². The molecule has 166 valence electrons. The molecule has 5 heteroatoms. The maximum Gasteiger partial charge on any atom is 0.258 e. The number of unbranched alkanes of at least 4 members (excludes halogenated alkanes) is 5. The van der Waals surface area contributed by atoms with Crippen LogP contribution in [0.1, 0.15) is 56.6 Å². The average Bonchev–Trinajstić information content (AvgIpc) is 3.33. The third-order valence-electron chi connectivity index (χ3n) is 5.90. The second kappa shape index (κ2) is 10.3. The maximum atomic E-state index is 12.4. The number of aromatic nitrogens is 1. The second-order valence-electron chi connectivity index (χ2n) is 8.33. The van der Waals surface area contributed by atoms with Gasteiger partial charge in [0.15, 0.2) is 0 Å². The lowest BCUT2D eigenvalue weighted by Gasteiger charge is -2.08. The Kier molecular flexibility index (Phi) is 7.05. The van der Waals surface area contributed by atoms with Gasteiger partial charge in [0.25, 0.3) is 11.8 Å². The molecule has 0 fully saturated rings. The molecule has 1 N–H and O–H groups in total. The van der Waals surface area contributed by atoms with Crippen molar-refractivity contribution in [2.45, 2.75) is 58.6 Å². The lowest BCUT2D eigenvalue weighted by atomic mass is 10.1. The number of benzene rings is 2. The lowest BCUT2D eigenvalue weighted by molar-refractivity contribution is -0.123. The van der Waals surface area contributed by atoms with Gasteiger partial charge >= 0.3 is 0 Å². The minimum atomic E-state index is -0.363. The molecule has 2 amide bonds. The number of amides is 2. The zero-order chi connectivity index (χ0) is 22.3. The highest BCUT2D eigenvalue weighted by Crippen LogP contribution is 2.32. The van der Waals surface area contributed by atoms with Crippen molar-refractivity contribution in [1.82, 2.24) is 9.88 Å². The highest BCUT2D eigenvalue weighted by molar-refractivity contribution is 6.35. The van der Waals surface area contributed by atoms with Crippen LogP contribution in [0.15, 0.2) is 60.8 Å². The molecule has 5 nitrogen and oxygen atoms in total. The Morgan fingerprint density at radius 2 is 1.72 bits per heavy atom. The molecule has 32 heavy (non-hydrogen) atoms. The zero-order valence-electron chi connectivity index (χ0n) is 18.6. The summed E-state index contributed by atoms with van der Waals surface area (Å²) in [7, 11) is 0. The number of aryl methyl sites for hydroxylation is 1. The third-order valence-corrected chi connectivity index (χ3v) is 5.90. The van der Waals surface area contributed by atoms with Crippen molar-refractivity contribution < 1.29 is 14.3 Å². The van der Waals surface area contributed by atoms with Gasteiger partial charge in [-0.05, 0) is 30.2 Å². The van der Waals surface area contributed by atoms with Crippen molar-refractivity contribution >= 4 is 28.3 Å². The molecular weight excluding hydrogens is 400 g/mol. The van der Waals surface area contributed by atoms with E-state index < -0.39 is 0 Å². The number of hydrogen-bond acceptors (Lipinski definition) is 3. The summed E-state index contributed by atoms with van der Waals surface area (Å²) in [5, 5.41) is 3.29. The summed E-state index contributed by atoms with van der Waals surface area (Å²) in [6, 6.07) is 16.0. The minimum Gasteiger partial charge on any atom is -0.489 e. The summed E-state index contributed by atoms with van der Waals surface area (Å²) in [4.78, 5) is 24.1. The first-order valence-corrected chi connectivity index (χ1v) is 11.5. The monoisotopic (exact) mass is 430 g/mol. The summed E-state index contributed by atoms with van der Waals surface area (Å²) in [6.07, 6.45) is 10.7. The number of ether oxygens (including phenoxy) is 1. The molecule has 1 aromatic heterocycles. The van der Waals surface area contributed by atoms with Gasteiger partial charge in [0, 0.05) is 35.3 Å². The molecule has 1 aliphatic rings. The Bertz CT molecular complexity index is 1130. The van der Waals surface area contributed by atoms with E-state index in [2.05, 4.69) is 16.8 Å². The molecular formula is C27H30N2O3. The highest BCUT2D eigenvalue weighted by atomic mass is 16.5. The molecule has 0 aliphatic carbocycles. The van der Waals surface area contributed by atoms with Gasteiger partial charge in [0.2, 0.25) is 0 Å². The number of nitrogens with zero attached hydrogens (tertiary/aromatic N) is 1. The number of fused-ring (bicyclic) bond motifs is 1. The third kappa shape index (κ3) is 5.10. The zero-order valence-corrected chi connectivity index (χ0v) is 18.6. The van der Waals surface area contributed by atoms with E-state index in [-0.39, 0.29) is 11.8 Å². The summed E-state index contributed by atoms with van der Waals surface area (Å²) in [5.74, 6) is 0.0350. The first-order chi connectivity index (χ1) is 15.7. The summed E-state index contributed by atoms with van der Waals surface area (Å²) in [6.45, 7) is 3.58. The lowest BCUT2D eigenvalue weighted by Crippen LogP contribution is -2.21. The van der Waals surface area contributed by atoms with Crippen molar-refractivity contribution in [3.8, 4) is 5.75 Å². The van der Waals surface area contributed by atoms with E-state index >= 15 is 0 Å². The van der Waals surface area contributed by atoms with Crippen LogP contribution in [0, 0.1) is 0 Å². The fourth-order valence-electron chi connectivity index (χ4n) is 4.18. The van der Waals surface area contributed by atoms with Crippen LogP contribution in [-0.4, -0.2) is 16.4 Å². The van der Waals surface area contributed by atoms with Crippen molar-refractivity contribution in [3.05, 3.63) is 71.9 Å². The summed E-state index contributed by atoms with van der Waals surface area (Å²) in [5.41, 5.74) is 3.34. The Morgan fingerprint density at radius 3 is 2.47 bits per heavy atom. The minimum absolute atomic E-state index is 0.343. The first kappa shape index (κ1) is 21.9. The van der Waals surface area contributed by atoms with Crippen LogP contribution in [0.5, 0.6) is 5.75 Å². The van der Waals surface area contributed by atoms with Crippen LogP contribution in [0.4, 0.5) is 0 Å². The Hall–Kier alpha value is -3.34. The predicted octanol–water partition coefficient (Wildman–Crippen LogP) is 5.62. The SMILES string of the molecule is CCCCCCCCn1cc(C2=CC(=O)NC2=O)c2cc(OCc3ccccc3)ccc21. The fraction of sp³-hybridized carbons (Fsp3) is 0.333. The van der Waals surface area contributed by atoms with Crippen molar-refractivity contribution in [2.24, 2.45) is 0 Å². The van der Waals surface area contributed by atoms with Crippen LogP contribution < -0.4 is 10.1 Å². The Labute approximate surface area is 189 Å². The van der Waals surface area contributed by atoms with E-state index in [1.54, 1.807) is 0 Å². The number of imide groups is 1. The standard InChI is InChI=1S/C27H30N2O3/c1-2-3-4-5-6-10-15-29-18-24(23-17-26(30)28-27(23)31)22-16-21(13-14-25(22)29)32-19-20-11-8-7-9-12-20/h7-9,11-14,16-18H,2-6,10,15,19H2,1H3,(H,28,30,31). The molecule has 0 unspecified atom stereocenters. The molecule has 4 rings (SSSR count). The topological polar surface area (TPSA) is 60.3 Å². The van der Waals surface area contributed by atoms with Crippen molar-refractivity contribution in [2.75, 3.05) is 0 Å². The predicted molar refractivity (Wildman–Crippen MR) is 127 cm³/mol. The number of carbonyl (C=O) groups excluding carboxylic acids is 2. The van der Waals surface area contributed by atoms with Crippen LogP contribution >= 0.6 is 0 Å². The van der Waals surface area contributed by atoms with E-state index in [0.29, 0.717) is 12.2 Å². The second-order valence-corrected chi connectivity index (χ2v) is 8.33. The smallest absolute Gasteiger partial charge is 0.258 e. The van der Waals surface area contributed by atoms with Gasteiger partial charge in [-0.3, -0.25) is 14.9 Å². The van der Waals surface area contributed by atoms with Crippen molar-refractivity contribution in [3.63, 3.8) is 0 Å². The molecule has 2 aromatic carbocycles. The Balaban J connectivity index is 1.57. The van der Waals surface area contributed by atoms with Crippen LogP contribution in [0.3, 0.4) is 0 Å². The molecule has 0 spiro atoms. The molecule has 2 heterocycles. The van der Waals surface area contributed by atoms with E-state index in [1.165, 1.54) is 38.2 Å². The van der Waals surface area contributed by atoms with Gasteiger partial charge in [-0.25, -0.2) is 0 Å². The van der Waals surface area contributed by atoms with Crippen LogP contribution in [0.25, 0.3) is 16.5 Å².